The number of thioether (sulfide) groups is 1. The first kappa shape index (κ1) is 28.6. The Labute approximate surface area is 238 Å². The number of carbonyl (C=O) groups excluding carboxylic acids is 2. The van der Waals surface area contributed by atoms with Gasteiger partial charge in [0.25, 0.3) is 11.5 Å². The van der Waals surface area contributed by atoms with Crippen LogP contribution in [0.25, 0.3) is 6.08 Å². The summed E-state index contributed by atoms with van der Waals surface area (Å²) in [5.41, 5.74) is 1.80. The van der Waals surface area contributed by atoms with Crippen LogP contribution in [0.3, 0.4) is 0 Å². The molecule has 2 aromatic rings. The molecule has 1 aromatic carbocycles. The molecule has 0 radical (unpaired) electrons. The van der Waals surface area contributed by atoms with Crippen molar-refractivity contribution in [2.24, 2.45) is 5.92 Å². The van der Waals surface area contributed by atoms with E-state index >= 15 is 0 Å². The molecule has 1 atom stereocenters. The second-order valence-electron chi connectivity index (χ2n) is 9.60. The molecule has 3 heterocycles. The Bertz CT molecular complexity index is 1410. The maximum absolute atomic E-state index is 13.5. The average molecular weight is 565 g/mol. The Kier molecular flexibility index (Phi) is 9.25. The van der Waals surface area contributed by atoms with E-state index < -0.39 is 0 Å². The van der Waals surface area contributed by atoms with Crippen LogP contribution in [0.15, 0.2) is 40.0 Å². The number of anilines is 1. The fraction of sp³-hybridized carbons (Fsp3) is 0.414. The van der Waals surface area contributed by atoms with Crippen molar-refractivity contribution in [2.75, 3.05) is 24.6 Å². The molecule has 10 heteroatoms. The van der Waals surface area contributed by atoms with Crippen LogP contribution < -0.4 is 10.5 Å². The molecule has 8 nitrogen and oxygen atoms in total. The van der Waals surface area contributed by atoms with Gasteiger partial charge in [0.2, 0.25) is 0 Å². The number of rotatable bonds is 8. The number of carbonyl (C=O) groups is 2. The number of nitrogens with zero attached hydrogens (tertiary/aromatic N) is 4. The molecule has 0 bridgehead atoms. The maximum atomic E-state index is 13.5. The fourth-order valence-corrected chi connectivity index (χ4v) is 6.31. The van der Waals surface area contributed by atoms with Crippen LogP contribution in [-0.2, 0) is 27.4 Å². The Hall–Kier alpha value is -3.42. The minimum absolute atomic E-state index is 0.0529. The van der Waals surface area contributed by atoms with E-state index in [-0.39, 0.29) is 28.9 Å². The summed E-state index contributed by atoms with van der Waals surface area (Å²) in [5.74, 6) is -0.160. The topological polar surface area (TPSA) is 95.6 Å². The van der Waals surface area contributed by atoms with Gasteiger partial charge in [-0.25, -0.2) is 0 Å². The van der Waals surface area contributed by atoms with Crippen LogP contribution in [0.4, 0.5) is 5.82 Å². The lowest BCUT2D eigenvalue weighted by Crippen LogP contribution is -2.43. The van der Waals surface area contributed by atoms with Gasteiger partial charge in [0.15, 0.2) is 0 Å². The highest BCUT2D eigenvalue weighted by Gasteiger charge is 2.35. The second kappa shape index (κ2) is 12.6. The summed E-state index contributed by atoms with van der Waals surface area (Å²) >= 11 is 6.78. The van der Waals surface area contributed by atoms with Gasteiger partial charge in [0.05, 0.1) is 24.0 Å². The Morgan fingerprint density at radius 3 is 2.67 bits per heavy atom. The third-order valence-corrected chi connectivity index (χ3v) is 8.34. The summed E-state index contributed by atoms with van der Waals surface area (Å²) in [6, 6.07) is 11.7. The molecule has 0 spiro atoms. The molecular weight excluding hydrogens is 532 g/mol. The maximum Gasteiger partial charge on any atom is 0.310 e. The highest BCUT2D eigenvalue weighted by Crippen LogP contribution is 2.37. The molecule has 4 rings (SSSR count). The SMILES string of the molecule is CCCn1c(N2CCCC(C(=O)OCC)C2)c(C=C2SC(=S)N(Cc3ccccc3)C2=O)c(C)c(C#N)c1=O. The third kappa shape index (κ3) is 5.94. The predicted octanol–water partition coefficient (Wildman–Crippen LogP) is 4.62. The predicted molar refractivity (Wildman–Crippen MR) is 157 cm³/mol. The van der Waals surface area contributed by atoms with Gasteiger partial charge >= 0.3 is 5.97 Å². The van der Waals surface area contributed by atoms with Crippen LogP contribution in [0, 0.1) is 24.2 Å². The molecule has 2 saturated heterocycles. The molecule has 2 fully saturated rings. The number of pyridine rings is 1. The molecule has 2 aliphatic rings. The molecule has 0 aliphatic carbocycles. The van der Waals surface area contributed by atoms with Gasteiger partial charge in [-0.05, 0) is 50.3 Å². The van der Waals surface area contributed by atoms with Crippen LogP contribution >= 0.6 is 24.0 Å². The van der Waals surface area contributed by atoms with E-state index in [9.17, 15) is 19.6 Å². The quantitative estimate of drug-likeness (QED) is 0.260. The normalized spacial score (nSPS) is 18.5. The third-order valence-electron chi connectivity index (χ3n) is 6.97. The smallest absolute Gasteiger partial charge is 0.310 e. The van der Waals surface area contributed by atoms with E-state index in [0.29, 0.717) is 71.8 Å². The van der Waals surface area contributed by atoms with Crippen molar-refractivity contribution < 1.29 is 14.3 Å². The van der Waals surface area contributed by atoms with Crippen LogP contribution in [0.5, 0.6) is 0 Å². The lowest BCUT2D eigenvalue weighted by Gasteiger charge is -2.36. The van der Waals surface area contributed by atoms with Gasteiger partial charge in [0, 0.05) is 25.2 Å². The molecule has 1 aromatic heterocycles. The van der Waals surface area contributed by atoms with Crippen molar-refractivity contribution in [1.29, 1.82) is 5.26 Å². The summed E-state index contributed by atoms with van der Waals surface area (Å²) in [5, 5.41) is 9.89. The number of aromatic nitrogens is 1. The summed E-state index contributed by atoms with van der Waals surface area (Å²) in [7, 11) is 0. The van der Waals surface area contributed by atoms with E-state index in [2.05, 4.69) is 6.07 Å². The van der Waals surface area contributed by atoms with Crippen molar-refractivity contribution in [2.45, 2.75) is 53.1 Å². The Morgan fingerprint density at radius 2 is 2.00 bits per heavy atom. The Morgan fingerprint density at radius 1 is 1.26 bits per heavy atom. The van der Waals surface area contributed by atoms with Crippen LogP contribution in [0.2, 0.25) is 0 Å². The first-order valence-electron chi connectivity index (χ1n) is 13.2. The van der Waals surface area contributed by atoms with Gasteiger partial charge in [0.1, 0.15) is 21.8 Å². The summed E-state index contributed by atoms with van der Waals surface area (Å²) in [4.78, 5) is 43.6. The zero-order valence-electron chi connectivity index (χ0n) is 22.4. The second-order valence-corrected chi connectivity index (χ2v) is 11.3. The van der Waals surface area contributed by atoms with Crippen LogP contribution in [-0.4, -0.2) is 45.4 Å². The van der Waals surface area contributed by atoms with Crippen molar-refractivity contribution in [3.8, 4) is 6.07 Å². The summed E-state index contributed by atoms with van der Waals surface area (Å²) in [6.45, 7) is 7.59. The standard InChI is InChI=1S/C29H32N4O4S2/c1-4-13-32-25(31-14-9-12-21(18-31)28(36)37-5-2)22(19(3)23(16-30)26(32)34)15-24-27(35)33(29(38)39-24)17-20-10-7-6-8-11-20/h6-8,10-11,15,21H,4-5,9,12-14,17-18H2,1-3H3. The zero-order valence-corrected chi connectivity index (χ0v) is 24.1. The van der Waals surface area contributed by atoms with Crippen molar-refractivity contribution in [1.82, 2.24) is 9.47 Å². The highest BCUT2D eigenvalue weighted by atomic mass is 32.2. The number of benzene rings is 1. The van der Waals surface area contributed by atoms with Gasteiger partial charge in [-0.1, -0.05) is 61.2 Å². The minimum Gasteiger partial charge on any atom is -0.466 e. The number of nitriles is 1. The Balaban J connectivity index is 1.81. The molecule has 1 unspecified atom stereocenters. The monoisotopic (exact) mass is 564 g/mol. The number of ether oxygens (including phenoxy) is 1. The molecule has 39 heavy (non-hydrogen) atoms. The first-order chi connectivity index (χ1) is 18.8. The average Bonchev–Trinajstić information content (AvgIpc) is 3.20. The van der Waals surface area contributed by atoms with E-state index in [4.69, 9.17) is 17.0 Å². The number of piperidine rings is 1. The summed E-state index contributed by atoms with van der Waals surface area (Å²) in [6.07, 6.45) is 3.89. The van der Waals surface area contributed by atoms with Crippen LogP contribution in [0.1, 0.15) is 55.4 Å². The largest absolute Gasteiger partial charge is 0.466 e. The summed E-state index contributed by atoms with van der Waals surface area (Å²) < 4.78 is 7.37. The minimum atomic E-state index is -0.362. The van der Waals surface area contributed by atoms with Gasteiger partial charge in [-0.3, -0.25) is 23.9 Å². The molecular formula is C29H32N4O4S2. The van der Waals surface area contributed by atoms with Crippen molar-refractivity contribution in [3.63, 3.8) is 0 Å². The lowest BCUT2D eigenvalue weighted by molar-refractivity contribution is -0.148. The van der Waals surface area contributed by atoms with Gasteiger partial charge in [-0.2, -0.15) is 5.26 Å². The fourth-order valence-electron chi connectivity index (χ4n) is 5.07. The zero-order chi connectivity index (χ0) is 28.1. The van der Waals surface area contributed by atoms with E-state index in [0.717, 1.165) is 12.0 Å². The van der Waals surface area contributed by atoms with Crippen molar-refractivity contribution >= 4 is 52.1 Å². The number of amides is 1. The van der Waals surface area contributed by atoms with E-state index in [1.54, 1.807) is 29.4 Å². The first-order valence-corrected chi connectivity index (χ1v) is 14.4. The van der Waals surface area contributed by atoms with E-state index in [1.807, 2.05) is 42.2 Å². The molecule has 2 aliphatic heterocycles. The lowest BCUT2D eigenvalue weighted by atomic mass is 9.96. The van der Waals surface area contributed by atoms with Crippen molar-refractivity contribution in [3.05, 3.63) is 67.8 Å². The number of esters is 1. The molecule has 0 saturated carbocycles. The number of thiocarbonyl (C=S) groups is 1. The number of hydrogen-bond donors (Lipinski definition) is 0. The number of hydrogen-bond acceptors (Lipinski definition) is 8. The molecule has 1 amide bonds. The molecule has 0 N–H and O–H groups in total. The van der Waals surface area contributed by atoms with Gasteiger partial charge in [-0.15, -0.1) is 0 Å². The van der Waals surface area contributed by atoms with Gasteiger partial charge < -0.3 is 9.64 Å². The highest BCUT2D eigenvalue weighted by molar-refractivity contribution is 8.26. The molecule has 204 valence electrons. The van der Waals surface area contributed by atoms with E-state index in [1.165, 1.54) is 11.8 Å².